The lowest BCUT2D eigenvalue weighted by Crippen LogP contribution is -2.50. The molecule has 146 valence electrons. The van der Waals surface area contributed by atoms with Crippen LogP contribution in [0.1, 0.15) is 31.2 Å². The molecule has 2 aromatic rings. The molecule has 3 heterocycles. The van der Waals surface area contributed by atoms with Gasteiger partial charge in [0.2, 0.25) is 10.0 Å². The molecular formula is C20H28N4O2S. The van der Waals surface area contributed by atoms with Gasteiger partial charge in [0.05, 0.1) is 4.90 Å². The van der Waals surface area contributed by atoms with Gasteiger partial charge in [0.15, 0.2) is 0 Å². The van der Waals surface area contributed by atoms with Gasteiger partial charge in [0.1, 0.15) is 0 Å². The van der Waals surface area contributed by atoms with E-state index in [1.807, 2.05) is 7.05 Å². The molecular weight excluding hydrogens is 360 g/mol. The molecule has 2 aliphatic rings. The number of sulfonamides is 1. The first-order chi connectivity index (χ1) is 12.8. The monoisotopic (exact) mass is 388 g/mol. The zero-order valence-electron chi connectivity index (χ0n) is 16.0. The lowest BCUT2D eigenvalue weighted by Gasteiger charge is -2.41. The summed E-state index contributed by atoms with van der Waals surface area (Å²) in [7, 11) is 0.276. The first kappa shape index (κ1) is 18.5. The van der Waals surface area contributed by atoms with Gasteiger partial charge < -0.3 is 10.3 Å². The summed E-state index contributed by atoms with van der Waals surface area (Å²) < 4.78 is 29.7. The number of aromatic nitrogens is 1. The van der Waals surface area contributed by atoms with Crippen LogP contribution in [0.15, 0.2) is 47.6 Å². The smallest absolute Gasteiger partial charge is 0.243 e. The molecule has 0 amide bonds. The highest BCUT2D eigenvalue weighted by Crippen LogP contribution is 2.39. The predicted octanol–water partition coefficient (Wildman–Crippen LogP) is 2.42. The fourth-order valence-electron chi connectivity index (χ4n) is 4.67. The summed E-state index contributed by atoms with van der Waals surface area (Å²) in [5, 5.41) is 0. The third-order valence-corrected chi connectivity index (χ3v) is 8.11. The Balaban J connectivity index is 1.48. The van der Waals surface area contributed by atoms with Gasteiger partial charge in [-0.1, -0.05) is 0 Å². The largest absolute Gasteiger partial charge is 0.399 e. The van der Waals surface area contributed by atoms with E-state index in [0.29, 0.717) is 22.7 Å². The quantitative estimate of drug-likeness (QED) is 0.799. The van der Waals surface area contributed by atoms with E-state index in [-0.39, 0.29) is 6.04 Å². The molecule has 6 nitrogen and oxygen atoms in total. The summed E-state index contributed by atoms with van der Waals surface area (Å²) in [6, 6.07) is 9.62. The first-order valence-electron chi connectivity index (χ1n) is 9.55. The summed E-state index contributed by atoms with van der Waals surface area (Å²) in [4.78, 5) is 2.90. The van der Waals surface area contributed by atoms with Crippen molar-refractivity contribution in [1.82, 2.24) is 13.8 Å². The second-order valence-electron chi connectivity index (χ2n) is 7.96. The van der Waals surface area contributed by atoms with Crippen molar-refractivity contribution >= 4 is 15.7 Å². The van der Waals surface area contributed by atoms with Crippen molar-refractivity contribution in [2.75, 3.05) is 12.8 Å². The molecule has 2 N–H and O–H groups in total. The van der Waals surface area contributed by atoms with Crippen LogP contribution >= 0.6 is 0 Å². The van der Waals surface area contributed by atoms with Gasteiger partial charge in [-0.05, 0) is 61.6 Å². The Hall–Kier alpha value is -1.83. The van der Waals surface area contributed by atoms with Crippen LogP contribution in [0.2, 0.25) is 0 Å². The van der Waals surface area contributed by atoms with Crippen molar-refractivity contribution in [1.29, 1.82) is 0 Å². The van der Waals surface area contributed by atoms with E-state index in [0.717, 1.165) is 32.2 Å². The Labute approximate surface area is 161 Å². The van der Waals surface area contributed by atoms with E-state index in [4.69, 9.17) is 5.73 Å². The molecule has 2 unspecified atom stereocenters. The Kier molecular flexibility index (Phi) is 4.78. The van der Waals surface area contributed by atoms with Crippen LogP contribution in [0.25, 0.3) is 0 Å². The highest BCUT2D eigenvalue weighted by Gasteiger charge is 2.43. The zero-order valence-corrected chi connectivity index (χ0v) is 16.8. The van der Waals surface area contributed by atoms with Crippen LogP contribution in [0.5, 0.6) is 0 Å². The summed E-state index contributed by atoms with van der Waals surface area (Å²) in [5.74, 6) is 0. The normalized spacial score (nSPS) is 26.0. The van der Waals surface area contributed by atoms with Crippen molar-refractivity contribution < 1.29 is 8.42 Å². The second kappa shape index (κ2) is 6.96. The third kappa shape index (κ3) is 3.51. The number of nitrogens with zero attached hydrogens (tertiary/aromatic N) is 3. The van der Waals surface area contributed by atoms with Crippen molar-refractivity contribution in [3.8, 4) is 0 Å². The molecule has 0 aliphatic carbocycles. The first-order valence-corrected chi connectivity index (χ1v) is 11.0. The Morgan fingerprint density at radius 3 is 2.30 bits per heavy atom. The number of piperidine rings is 1. The molecule has 2 atom stereocenters. The van der Waals surface area contributed by atoms with Crippen LogP contribution in [-0.4, -0.2) is 47.4 Å². The number of fused-ring (bicyclic) bond motifs is 2. The van der Waals surface area contributed by atoms with Crippen molar-refractivity contribution in [3.05, 3.63) is 48.3 Å². The van der Waals surface area contributed by atoms with Gasteiger partial charge in [-0.25, -0.2) is 8.42 Å². The van der Waals surface area contributed by atoms with Gasteiger partial charge in [-0.15, -0.1) is 0 Å². The van der Waals surface area contributed by atoms with E-state index in [1.165, 1.54) is 5.56 Å². The number of nitrogen functional groups attached to an aromatic ring is 1. The molecule has 0 spiro atoms. The van der Waals surface area contributed by atoms with Gasteiger partial charge in [0, 0.05) is 56.8 Å². The maximum atomic E-state index is 13.0. The van der Waals surface area contributed by atoms with Crippen LogP contribution < -0.4 is 5.73 Å². The van der Waals surface area contributed by atoms with E-state index in [9.17, 15) is 8.42 Å². The molecule has 2 bridgehead atoms. The van der Waals surface area contributed by atoms with Gasteiger partial charge in [-0.3, -0.25) is 4.90 Å². The fourth-order valence-corrected chi connectivity index (χ4v) is 6.05. The zero-order chi connectivity index (χ0) is 19.2. The van der Waals surface area contributed by atoms with Crippen LogP contribution in [0, 0.1) is 0 Å². The SMILES string of the molecule is CN(C1CC2CCC(C1)N2Cc1ccn(C)c1)S(=O)(=O)c1ccc(N)cc1. The van der Waals surface area contributed by atoms with Gasteiger partial charge in [-0.2, -0.15) is 4.31 Å². The third-order valence-electron chi connectivity index (χ3n) is 6.19. The molecule has 1 aromatic heterocycles. The average molecular weight is 389 g/mol. The van der Waals surface area contributed by atoms with E-state index < -0.39 is 10.0 Å². The molecule has 7 heteroatoms. The maximum absolute atomic E-state index is 13.0. The molecule has 4 rings (SSSR count). The Morgan fingerprint density at radius 1 is 1.11 bits per heavy atom. The topological polar surface area (TPSA) is 71.6 Å². The standard InChI is InChI=1S/C20H28N4O2S/c1-22-10-9-15(13-22)14-24-17-5-6-18(24)12-19(11-17)23(2)27(25,26)20-7-3-16(21)4-8-20/h3-4,7-10,13,17-19H,5-6,11-12,14,21H2,1-2H3. The number of benzene rings is 1. The van der Waals surface area contributed by atoms with Gasteiger partial charge >= 0.3 is 0 Å². The van der Waals surface area contributed by atoms with Crippen LogP contribution in [0.3, 0.4) is 0 Å². The summed E-state index contributed by atoms with van der Waals surface area (Å²) in [5.41, 5.74) is 7.60. The lowest BCUT2D eigenvalue weighted by atomic mass is 9.97. The van der Waals surface area contributed by atoms with E-state index >= 15 is 0 Å². The average Bonchev–Trinajstić information content (AvgIpc) is 3.14. The molecule has 2 saturated heterocycles. The van der Waals surface area contributed by atoms with Crippen molar-refractivity contribution in [3.63, 3.8) is 0 Å². The molecule has 2 fully saturated rings. The van der Waals surface area contributed by atoms with Gasteiger partial charge in [0.25, 0.3) is 0 Å². The minimum Gasteiger partial charge on any atom is -0.399 e. The highest BCUT2D eigenvalue weighted by molar-refractivity contribution is 7.89. The summed E-state index contributed by atoms with van der Waals surface area (Å²) >= 11 is 0. The number of hydrogen-bond donors (Lipinski definition) is 1. The van der Waals surface area contributed by atoms with Crippen LogP contribution in [0.4, 0.5) is 5.69 Å². The van der Waals surface area contributed by atoms with Crippen LogP contribution in [-0.2, 0) is 23.6 Å². The number of anilines is 1. The minimum atomic E-state index is -3.49. The maximum Gasteiger partial charge on any atom is 0.243 e. The molecule has 0 radical (unpaired) electrons. The minimum absolute atomic E-state index is 0.0528. The van der Waals surface area contributed by atoms with E-state index in [2.05, 4.69) is 27.9 Å². The molecule has 1 aromatic carbocycles. The predicted molar refractivity (Wildman–Crippen MR) is 107 cm³/mol. The number of rotatable bonds is 5. The number of hydrogen-bond acceptors (Lipinski definition) is 4. The Bertz CT molecular complexity index is 892. The summed E-state index contributed by atoms with van der Waals surface area (Å²) in [6.45, 7) is 0.956. The van der Waals surface area contributed by atoms with Crippen molar-refractivity contribution in [2.45, 2.75) is 55.2 Å². The summed E-state index contributed by atoms with van der Waals surface area (Å²) in [6.07, 6.45) is 8.36. The second-order valence-corrected chi connectivity index (χ2v) is 9.96. The highest BCUT2D eigenvalue weighted by atomic mass is 32.2. The van der Waals surface area contributed by atoms with E-state index in [1.54, 1.807) is 35.6 Å². The molecule has 0 saturated carbocycles. The Morgan fingerprint density at radius 2 is 1.74 bits per heavy atom. The number of aryl methyl sites for hydroxylation is 1. The molecule has 2 aliphatic heterocycles. The number of nitrogens with two attached hydrogens (primary N) is 1. The van der Waals surface area contributed by atoms with Crippen molar-refractivity contribution in [2.24, 2.45) is 7.05 Å². The molecule has 27 heavy (non-hydrogen) atoms. The lowest BCUT2D eigenvalue weighted by molar-refractivity contribution is 0.0906. The fraction of sp³-hybridized carbons (Fsp3) is 0.500.